The molecule has 1 aliphatic carbocycles. The zero-order chi connectivity index (χ0) is 15.1. The average Bonchev–Trinajstić information content (AvgIpc) is 2.46. The van der Waals surface area contributed by atoms with Crippen LogP contribution in [0.25, 0.3) is 0 Å². The van der Waals surface area contributed by atoms with E-state index in [4.69, 9.17) is 10.5 Å². The Morgan fingerprint density at radius 1 is 1.25 bits per heavy atom. The summed E-state index contributed by atoms with van der Waals surface area (Å²) in [6.45, 7) is 0.235. The first kappa shape index (κ1) is 16.9. The van der Waals surface area contributed by atoms with Gasteiger partial charge in [-0.1, -0.05) is 19.3 Å². The van der Waals surface area contributed by atoms with E-state index in [1.807, 2.05) is 7.05 Å². The number of carbonyl (C=O) groups excluding carboxylic acids is 2. The van der Waals surface area contributed by atoms with E-state index in [1.165, 1.54) is 31.3 Å². The summed E-state index contributed by atoms with van der Waals surface area (Å²) in [4.78, 5) is 27.3. The molecule has 2 amide bonds. The molecule has 0 aliphatic heterocycles. The number of nitrogens with zero attached hydrogens (tertiary/aromatic N) is 2. The molecule has 0 radical (unpaired) electrons. The van der Waals surface area contributed by atoms with Crippen LogP contribution in [0.15, 0.2) is 0 Å². The molecule has 2 N–H and O–H groups in total. The number of hydrogen-bond donors (Lipinski definition) is 1. The lowest BCUT2D eigenvalue weighted by Gasteiger charge is -2.32. The van der Waals surface area contributed by atoms with E-state index in [0.29, 0.717) is 6.04 Å². The molecular formula is C14H27N3O3. The molecule has 0 aromatic rings. The standard InChI is InChI=1S/C14H27N3O3/c1-16(14(19)12(15)10-20-3)9-13(18)17(2)11-7-5-4-6-8-11/h11-12H,4-10,15H2,1-3H3. The second-order valence-corrected chi connectivity index (χ2v) is 5.55. The first-order chi connectivity index (χ1) is 9.47. The summed E-state index contributed by atoms with van der Waals surface area (Å²) in [5.41, 5.74) is 5.68. The van der Waals surface area contributed by atoms with Gasteiger partial charge in [-0.3, -0.25) is 9.59 Å². The number of likely N-dealkylation sites (N-methyl/N-ethyl adjacent to an activating group) is 2. The second-order valence-electron chi connectivity index (χ2n) is 5.55. The van der Waals surface area contributed by atoms with Crippen LogP contribution in [0.2, 0.25) is 0 Å². The maximum atomic E-state index is 12.2. The van der Waals surface area contributed by atoms with E-state index in [-0.39, 0.29) is 25.0 Å². The van der Waals surface area contributed by atoms with Crippen molar-refractivity contribution in [2.45, 2.75) is 44.2 Å². The molecule has 1 unspecified atom stereocenters. The molecule has 0 saturated heterocycles. The fourth-order valence-electron chi connectivity index (χ4n) is 2.60. The normalized spacial score (nSPS) is 17.6. The maximum Gasteiger partial charge on any atom is 0.242 e. The molecule has 0 aromatic heterocycles. The topological polar surface area (TPSA) is 75.9 Å². The lowest BCUT2D eigenvalue weighted by Crippen LogP contribution is -2.49. The van der Waals surface area contributed by atoms with Crippen LogP contribution >= 0.6 is 0 Å². The van der Waals surface area contributed by atoms with Gasteiger partial charge in [0.05, 0.1) is 13.2 Å². The van der Waals surface area contributed by atoms with Crippen LogP contribution in [0.1, 0.15) is 32.1 Å². The van der Waals surface area contributed by atoms with Crippen molar-refractivity contribution in [2.75, 3.05) is 34.4 Å². The van der Waals surface area contributed by atoms with Gasteiger partial charge in [-0.15, -0.1) is 0 Å². The predicted octanol–water partition coefficient (Wildman–Crippen LogP) is 0.210. The van der Waals surface area contributed by atoms with Gasteiger partial charge in [-0.2, -0.15) is 0 Å². The second kappa shape index (κ2) is 8.21. The van der Waals surface area contributed by atoms with Crippen molar-refractivity contribution in [2.24, 2.45) is 5.73 Å². The molecule has 0 bridgehead atoms. The molecule has 1 atom stereocenters. The Hall–Kier alpha value is -1.14. The molecule has 1 rings (SSSR count). The molecule has 20 heavy (non-hydrogen) atoms. The first-order valence-electron chi connectivity index (χ1n) is 7.22. The molecule has 1 saturated carbocycles. The molecule has 0 heterocycles. The van der Waals surface area contributed by atoms with Crippen molar-refractivity contribution in [3.8, 4) is 0 Å². The van der Waals surface area contributed by atoms with Crippen molar-refractivity contribution in [3.63, 3.8) is 0 Å². The largest absolute Gasteiger partial charge is 0.383 e. The first-order valence-corrected chi connectivity index (χ1v) is 7.22. The Morgan fingerprint density at radius 3 is 2.40 bits per heavy atom. The van der Waals surface area contributed by atoms with Crippen LogP contribution in [0.3, 0.4) is 0 Å². The molecular weight excluding hydrogens is 258 g/mol. The van der Waals surface area contributed by atoms with E-state index in [1.54, 1.807) is 11.9 Å². The van der Waals surface area contributed by atoms with Crippen molar-refractivity contribution in [3.05, 3.63) is 0 Å². The summed E-state index contributed by atoms with van der Waals surface area (Å²) in [6, 6.07) is -0.398. The van der Waals surface area contributed by atoms with Crippen LogP contribution in [0.4, 0.5) is 0 Å². The van der Waals surface area contributed by atoms with E-state index in [2.05, 4.69) is 0 Å². The lowest BCUT2D eigenvalue weighted by molar-refractivity contribution is -0.141. The van der Waals surface area contributed by atoms with Crippen LogP contribution in [-0.2, 0) is 14.3 Å². The highest BCUT2D eigenvalue weighted by molar-refractivity contribution is 5.87. The quantitative estimate of drug-likeness (QED) is 0.757. The molecule has 1 aliphatic rings. The van der Waals surface area contributed by atoms with E-state index < -0.39 is 6.04 Å². The fourth-order valence-corrected chi connectivity index (χ4v) is 2.60. The number of nitrogens with two attached hydrogens (primary N) is 1. The third-order valence-corrected chi connectivity index (χ3v) is 3.93. The average molecular weight is 285 g/mol. The third kappa shape index (κ3) is 4.76. The fraction of sp³-hybridized carbons (Fsp3) is 0.857. The number of ether oxygens (including phenoxy) is 1. The Morgan fingerprint density at radius 2 is 1.85 bits per heavy atom. The number of rotatable bonds is 6. The van der Waals surface area contributed by atoms with E-state index in [9.17, 15) is 9.59 Å². The SMILES string of the molecule is COCC(N)C(=O)N(C)CC(=O)N(C)C1CCCCC1. The van der Waals surface area contributed by atoms with Crippen LogP contribution in [0.5, 0.6) is 0 Å². The van der Waals surface area contributed by atoms with Gasteiger partial charge < -0.3 is 20.3 Å². The molecule has 0 spiro atoms. The third-order valence-electron chi connectivity index (χ3n) is 3.93. The molecule has 6 nitrogen and oxygen atoms in total. The van der Waals surface area contributed by atoms with E-state index in [0.717, 1.165) is 12.8 Å². The van der Waals surface area contributed by atoms with Gasteiger partial charge in [0.1, 0.15) is 6.04 Å². The summed E-state index contributed by atoms with van der Waals surface area (Å²) in [5.74, 6) is -0.297. The van der Waals surface area contributed by atoms with E-state index >= 15 is 0 Å². The highest BCUT2D eigenvalue weighted by atomic mass is 16.5. The van der Waals surface area contributed by atoms with Crippen LogP contribution < -0.4 is 5.73 Å². The minimum Gasteiger partial charge on any atom is -0.383 e. The number of hydrogen-bond acceptors (Lipinski definition) is 4. The van der Waals surface area contributed by atoms with Crippen molar-refractivity contribution in [1.29, 1.82) is 0 Å². The summed E-state index contributed by atoms with van der Waals surface area (Å²) in [5, 5.41) is 0. The summed E-state index contributed by atoms with van der Waals surface area (Å²) >= 11 is 0. The number of carbonyl (C=O) groups is 2. The number of amides is 2. The summed E-state index contributed by atoms with van der Waals surface area (Å²) < 4.78 is 4.85. The van der Waals surface area contributed by atoms with Gasteiger partial charge in [-0.05, 0) is 12.8 Å². The Balaban J connectivity index is 2.45. The van der Waals surface area contributed by atoms with Crippen molar-refractivity contribution < 1.29 is 14.3 Å². The predicted molar refractivity (Wildman–Crippen MR) is 77.1 cm³/mol. The van der Waals surface area contributed by atoms with Gasteiger partial charge in [0.2, 0.25) is 11.8 Å². The Bertz CT molecular complexity index is 330. The Labute approximate surface area is 121 Å². The maximum absolute atomic E-state index is 12.2. The number of methoxy groups -OCH3 is 1. The van der Waals surface area contributed by atoms with Gasteiger partial charge >= 0.3 is 0 Å². The summed E-state index contributed by atoms with van der Waals surface area (Å²) in [6.07, 6.45) is 5.72. The molecule has 0 aromatic carbocycles. The Kier molecular flexibility index (Phi) is 6.95. The van der Waals surface area contributed by atoms with Gasteiger partial charge in [0.15, 0.2) is 0 Å². The summed E-state index contributed by atoms with van der Waals surface area (Å²) in [7, 11) is 4.92. The zero-order valence-electron chi connectivity index (χ0n) is 12.8. The van der Waals surface area contributed by atoms with Crippen molar-refractivity contribution >= 4 is 11.8 Å². The van der Waals surface area contributed by atoms with Gasteiger partial charge in [0.25, 0.3) is 0 Å². The minimum atomic E-state index is -0.710. The van der Waals surface area contributed by atoms with Crippen molar-refractivity contribution in [1.82, 2.24) is 9.80 Å². The zero-order valence-corrected chi connectivity index (χ0v) is 12.8. The lowest BCUT2D eigenvalue weighted by atomic mass is 9.94. The highest BCUT2D eigenvalue weighted by Gasteiger charge is 2.25. The van der Waals surface area contributed by atoms with Gasteiger partial charge in [0, 0.05) is 27.2 Å². The molecule has 116 valence electrons. The van der Waals surface area contributed by atoms with Crippen LogP contribution in [-0.4, -0.2) is 68.1 Å². The molecule has 1 fully saturated rings. The van der Waals surface area contributed by atoms with Gasteiger partial charge in [-0.25, -0.2) is 0 Å². The molecule has 6 heteroatoms. The monoisotopic (exact) mass is 285 g/mol. The minimum absolute atomic E-state index is 0.0302. The smallest absolute Gasteiger partial charge is 0.242 e. The highest BCUT2D eigenvalue weighted by Crippen LogP contribution is 2.21. The van der Waals surface area contributed by atoms with Crippen LogP contribution in [0, 0.1) is 0 Å².